The Bertz CT molecular complexity index is 295. The molecule has 0 fully saturated rings. The van der Waals surface area contributed by atoms with Gasteiger partial charge in [0.2, 0.25) is 0 Å². The van der Waals surface area contributed by atoms with Crippen LogP contribution >= 0.6 is 12.2 Å². The summed E-state index contributed by atoms with van der Waals surface area (Å²) in [5.74, 6) is -0.867. The fourth-order valence-corrected chi connectivity index (χ4v) is 1.06. The quantitative estimate of drug-likeness (QED) is 0.317. The van der Waals surface area contributed by atoms with Gasteiger partial charge in [-0.1, -0.05) is 26.1 Å². The SMILES string of the molecule is CC(C)CCOCCNC(=O)C(=O)NCC(N)=S. The van der Waals surface area contributed by atoms with Crippen molar-refractivity contribution in [1.82, 2.24) is 10.6 Å². The Morgan fingerprint density at radius 2 is 1.83 bits per heavy atom. The Kier molecular flexibility index (Phi) is 9.13. The highest BCUT2D eigenvalue weighted by atomic mass is 32.1. The first-order chi connectivity index (χ1) is 8.43. The van der Waals surface area contributed by atoms with Crippen molar-refractivity contribution < 1.29 is 14.3 Å². The molecule has 0 heterocycles. The van der Waals surface area contributed by atoms with Crippen LogP contribution in [-0.4, -0.2) is 43.1 Å². The lowest BCUT2D eigenvalue weighted by Crippen LogP contribution is -2.43. The number of carbonyl (C=O) groups excluding carboxylic acids is 2. The second kappa shape index (κ2) is 9.78. The van der Waals surface area contributed by atoms with Gasteiger partial charge in [0, 0.05) is 13.2 Å². The highest BCUT2D eigenvalue weighted by molar-refractivity contribution is 7.80. The summed E-state index contributed by atoms with van der Waals surface area (Å²) in [6.45, 7) is 5.58. The van der Waals surface area contributed by atoms with E-state index in [9.17, 15) is 9.59 Å². The van der Waals surface area contributed by atoms with Crippen molar-refractivity contribution >= 4 is 29.0 Å². The van der Waals surface area contributed by atoms with Crippen molar-refractivity contribution in [2.75, 3.05) is 26.3 Å². The second-order valence-electron chi connectivity index (χ2n) is 4.20. The van der Waals surface area contributed by atoms with E-state index in [1.165, 1.54) is 0 Å². The average Bonchev–Trinajstić information content (AvgIpc) is 2.29. The van der Waals surface area contributed by atoms with Crippen molar-refractivity contribution in [3.05, 3.63) is 0 Å². The van der Waals surface area contributed by atoms with Gasteiger partial charge in [0.1, 0.15) is 0 Å². The number of rotatable bonds is 8. The highest BCUT2D eigenvalue weighted by Crippen LogP contribution is 1.98. The Balaban J connectivity index is 3.52. The minimum atomic E-state index is -0.745. The van der Waals surface area contributed by atoms with Crippen LogP contribution in [0.15, 0.2) is 0 Å². The van der Waals surface area contributed by atoms with E-state index in [-0.39, 0.29) is 11.5 Å². The number of amides is 2. The maximum Gasteiger partial charge on any atom is 0.309 e. The van der Waals surface area contributed by atoms with Crippen LogP contribution in [0.3, 0.4) is 0 Å². The minimum Gasteiger partial charge on any atom is -0.392 e. The molecule has 4 N–H and O–H groups in total. The maximum atomic E-state index is 11.2. The van der Waals surface area contributed by atoms with E-state index in [2.05, 4.69) is 36.7 Å². The maximum absolute atomic E-state index is 11.2. The fraction of sp³-hybridized carbons (Fsp3) is 0.727. The predicted octanol–water partition coefficient (Wildman–Crippen LogP) is -0.432. The van der Waals surface area contributed by atoms with Gasteiger partial charge < -0.3 is 21.1 Å². The summed E-state index contributed by atoms with van der Waals surface area (Å²) < 4.78 is 5.29. The molecular formula is C11H21N3O3S. The van der Waals surface area contributed by atoms with Gasteiger partial charge in [-0.2, -0.15) is 0 Å². The van der Waals surface area contributed by atoms with Gasteiger partial charge in [0.05, 0.1) is 18.1 Å². The molecule has 0 radical (unpaired) electrons. The van der Waals surface area contributed by atoms with Crippen LogP contribution in [0, 0.1) is 5.92 Å². The zero-order chi connectivity index (χ0) is 14.0. The van der Waals surface area contributed by atoms with Gasteiger partial charge in [0.15, 0.2) is 0 Å². The molecule has 0 saturated carbocycles. The lowest BCUT2D eigenvalue weighted by atomic mass is 10.1. The lowest BCUT2D eigenvalue weighted by Gasteiger charge is -2.07. The minimum absolute atomic E-state index is 0.0203. The predicted molar refractivity (Wildman–Crippen MR) is 73.1 cm³/mol. The van der Waals surface area contributed by atoms with Crippen molar-refractivity contribution in [2.45, 2.75) is 20.3 Å². The van der Waals surface area contributed by atoms with Gasteiger partial charge in [0.25, 0.3) is 0 Å². The monoisotopic (exact) mass is 275 g/mol. The number of ether oxygens (including phenoxy) is 1. The summed E-state index contributed by atoms with van der Waals surface area (Å²) in [7, 11) is 0. The number of hydrogen-bond donors (Lipinski definition) is 3. The van der Waals surface area contributed by atoms with E-state index < -0.39 is 11.8 Å². The molecule has 0 atom stereocenters. The molecule has 7 heteroatoms. The molecule has 0 spiro atoms. The summed E-state index contributed by atoms with van der Waals surface area (Å²) in [6, 6.07) is 0. The van der Waals surface area contributed by atoms with Crippen LogP contribution in [0.2, 0.25) is 0 Å². The average molecular weight is 275 g/mol. The van der Waals surface area contributed by atoms with Crippen molar-refractivity contribution in [2.24, 2.45) is 11.7 Å². The van der Waals surface area contributed by atoms with Crippen molar-refractivity contribution in [3.63, 3.8) is 0 Å². The molecule has 0 rings (SSSR count). The number of thiocarbonyl (C=S) groups is 1. The van der Waals surface area contributed by atoms with Crippen LogP contribution in [0.5, 0.6) is 0 Å². The van der Waals surface area contributed by atoms with E-state index in [0.29, 0.717) is 25.7 Å². The first-order valence-corrected chi connectivity index (χ1v) is 6.26. The second-order valence-corrected chi connectivity index (χ2v) is 4.72. The van der Waals surface area contributed by atoms with E-state index >= 15 is 0 Å². The normalized spacial score (nSPS) is 10.2. The van der Waals surface area contributed by atoms with Gasteiger partial charge in [-0.15, -0.1) is 0 Å². The third kappa shape index (κ3) is 9.98. The standard InChI is InChI=1S/C11H21N3O3S/c1-8(2)3-5-17-6-4-13-10(15)11(16)14-7-9(12)18/h8H,3-7H2,1-2H3,(H2,12,18)(H,13,15)(H,14,16). The lowest BCUT2D eigenvalue weighted by molar-refractivity contribution is -0.139. The molecule has 0 bridgehead atoms. The fourth-order valence-electron chi connectivity index (χ4n) is 0.986. The Morgan fingerprint density at radius 1 is 1.22 bits per heavy atom. The van der Waals surface area contributed by atoms with Crippen LogP contribution < -0.4 is 16.4 Å². The van der Waals surface area contributed by atoms with Crippen LogP contribution in [0.1, 0.15) is 20.3 Å². The molecule has 6 nitrogen and oxygen atoms in total. The van der Waals surface area contributed by atoms with Crippen molar-refractivity contribution in [3.8, 4) is 0 Å². The molecule has 104 valence electrons. The van der Waals surface area contributed by atoms with Crippen LogP contribution in [-0.2, 0) is 14.3 Å². The third-order valence-corrected chi connectivity index (χ3v) is 2.15. The van der Waals surface area contributed by atoms with E-state index in [0.717, 1.165) is 6.42 Å². The van der Waals surface area contributed by atoms with Crippen molar-refractivity contribution in [1.29, 1.82) is 0 Å². The smallest absolute Gasteiger partial charge is 0.309 e. The van der Waals surface area contributed by atoms with Gasteiger partial charge in [-0.05, 0) is 12.3 Å². The van der Waals surface area contributed by atoms with Crippen LogP contribution in [0.4, 0.5) is 0 Å². The molecule has 0 aliphatic heterocycles. The molecule has 0 unspecified atom stereocenters. The molecular weight excluding hydrogens is 254 g/mol. The summed E-state index contributed by atoms with van der Waals surface area (Å²) in [5, 5.41) is 4.73. The number of nitrogens with one attached hydrogen (secondary N) is 2. The first-order valence-electron chi connectivity index (χ1n) is 5.85. The Hall–Kier alpha value is -1.21. The topological polar surface area (TPSA) is 93.4 Å². The highest BCUT2D eigenvalue weighted by Gasteiger charge is 2.11. The summed E-state index contributed by atoms with van der Waals surface area (Å²) >= 11 is 4.57. The first kappa shape index (κ1) is 16.8. The molecule has 0 aromatic carbocycles. The van der Waals surface area contributed by atoms with E-state index in [1.54, 1.807) is 0 Å². The molecule has 0 aliphatic carbocycles. The molecule has 2 amide bonds. The van der Waals surface area contributed by atoms with Gasteiger partial charge in [-0.3, -0.25) is 9.59 Å². The van der Waals surface area contributed by atoms with Gasteiger partial charge >= 0.3 is 11.8 Å². The number of carbonyl (C=O) groups is 2. The summed E-state index contributed by atoms with van der Waals surface area (Å²) in [4.78, 5) is 22.5. The summed E-state index contributed by atoms with van der Waals surface area (Å²) in [5.41, 5.74) is 5.19. The molecule has 0 aromatic heterocycles. The zero-order valence-electron chi connectivity index (χ0n) is 10.8. The van der Waals surface area contributed by atoms with E-state index in [1.807, 2.05) is 0 Å². The largest absolute Gasteiger partial charge is 0.392 e. The number of hydrogen-bond acceptors (Lipinski definition) is 4. The molecule has 0 saturated heterocycles. The zero-order valence-corrected chi connectivity index (χ0v) is 11.6. The summed E-state index contributed by atoms with van der Waals surface area (Å²) in [6.07, 6.45) is 0.975. The molecule has 0 aliphatic rings. The molecule has 0 aromatic rings. The Labute approximate surface area is 113 Å². The number of nitrogens with two attached hydrogens (primary N) is 1. The molecule has 18 heavy (non-hydrogen) atoms. The van der Waals surface area contributed by atoms with E-state index in [4.69, 9.17) is 10.5 Å². The van der Waals surface area contributed by atoms with Crippen LogP contribution in [0.25, 0.3) is 0 Å². The Morgan fingerprint density at radius 3 is 2.39 bits per heavy atom. The third-order valence-electron chi connectivity index (χ3n) is 2.00. The van der Waals surface area contributed by atoms with Gasteiger partial charge in [-0.25, -0.2) is 0 Å².